The van der Waals surface area contributed by atoms with Crippen LogP contribution in [0.25, 0.3) is 10.1 Å². The first-order chi connectivity index (χ1) is 6.24. The highest BCUT2D eigenvalue weighted by atomic mass is 79.9. The van der Waals surface area contributed by atoms with E-state index in [-0.39, 0.29) is 5.82 Å². The predicted octanol–water partition coefficient (Wildman–Crippen LogP) is 4.22. The summed E-state index contributed by atoms with van der Waals surface area (Å²) in [5.41, 5.74) is 1.06. The number of benzene rings is 1. The van der Waals surface area contributed by atoms with Crippen LogP contribution in [0.5, 0.6) is 0 Å². The molecule has 1 aromatic carbocycles. The molecule has 0 radical (unpaired) electrons. The standard InChI is InChI=1S/C9H6BrFS2/c10-3-6-8(12)2-1-5-7(11)4-13-9(5)6/h1-2,4,12H,3H2. The van der Waals surface area contributed by atoms with Crippen LogP contribution in [0.4, 0.5) is 4.39 Å². The zero-order valence-corrected chi connectivity index (χ0v) is 9.85. The van der Waals surface area contributed by atoms with E-state index in [9.17, 15) is 4.39 Å². The lowest BCUT2D eigenvalue weighted by molar-refractivity contribution is 0.644. The topological polar surface area (TPSA) is 0 Å². The highest BCUT2D eigenvalue weighted by Gasteiger charge is 2.09. The van der Waals surface area contributed by atoms with Crippen molar-refractivity contribution in [2.24, 2.45) is 0 Å². The van der Waals surface area contributed by atoms with E-state index < -0.39 is 0 Å². The van der Waals surface area contributed by atoms with Gasteiger partial charge in [0, 0.05) is 25.7 Å². The first kappa shape index (κ1) is 9.49. The molecule has 0 amide bonds. The summed E-state index contributed by atoms with van der Waals surface area (Å²) < 4.78 is 14.2. The number of halogens is 2. The van der Waals surface area contributed by atoms with Crippen LogP contribution in [-0.2, 0) is 5.33 Å². The molecule has 1 heterocycles. The van der Waals surface area contributed by atoms with Crippen molar-refractivity contribution in [1.29, 1.82) is 0 Å². The molecule has 0 spiro atoms. The van der Waals surface area contributed by atoms with Gasteiger partial charge in [-0.2, -0.15) is 0 Å². The molecule has 0 saturated carbocycles. The van der Waals surface area contributed by atoms with Gasteiger partial charge in [0.25, 0.3) is 0 Å². The van der Waals surface area contributed by atoms with Crippen LogP contribution in [-0.4, -0.2) is 0 Å². The fourth-order valence-corrected chi connectivity index (χ4v) is 3.53. The average Bonchev–Trinajstić information content (AvgIpc) is 2.48. The van der Waals surface area contributed by atoms with Gasteiger partial charge in [0.05, 0.1) is 0 Å². The first-order valence-corrected chi connectivity index (χ1v) is 6.12. The second-order valence-corrected chi connectivity index (χ2v) is 4.58. The van der Waals surface area contributed by atoms with Crippen molar-refractivity contribution in [1.82, 2.24) is 0 Å². The lowest BCUT2D eigenvalue weighted by Crippen LogP contribution is -1.81. The summed E-state index contributed by atoms with van der Waals surface area (Å²) in [6, 6.07) is 3.60. The quantitative estimate of drug-likeness (QED) is 0.585. The van der Waals surface area contributed by atoms with Gasteiger partial charge >= 0.3 is 0 Å². The Morgan fingerprint density at radius 3 is 2.92 bits per heavy atom. The molecule has 0 fully saturated rings. The van der Waals surface area contributed by atoms with Gasteiger partial charge in [-0.3, -0.25) is 0 Å². The molecule has 0 aliphatic heterocycles. The minimum Gasteiger partial charge on any atom is -0.205 e. The summed E-state index contributed by atoms with van der Waals surface area (Å²) >= 11 is 9.12. The van der Waals surface area contributed by atoms with Crippen molar-refractivity contribution in [2.45, 2.75) is 10.2 Å². The molecule has 0 atom stereocenters. The van der Waals surface area contributed by atoms with E-state index in [0.29, 0.717) is 10.7 Å². The third-order valence-electron chi connectivity index (χ3n) is 1.91. The van der Waals surface area contributed by atoms with Crippen molar-refractivity contribution in [3.63, 3.8) is 0 Å². The molecular formula is C9H6BrFS2. The molecular weight excluding hydrogens is 271 g/mol. The van der Waals surface area contributed by atoms with E-state index in [2.05, 4.69) is 28.6 Å². The number of thiophene rings is 1. The van der Waals surface area contributed by atoms with Crippen molar-refractivity contribution in [3.05, 3.63) is 28.9 Å². The van der Waals surface area contributed by atoms with Gasteiger partial charge in [-0.25, -0.2) is 4.39 Å². The van der Waals surface area contributed by atoms with Gasteiger partial charge in [0.15, 0.2) is 0 Å². The van der Waals surface area contributed by atoms with Crippen LogP contribution >= 0.6 is 39.9 Å². The van der Waals surface area contributed by atoms with Crippen LogP contribution in [0.3, 0.4) is 0 Å². The van der Waals surface area contributed by atoms with Gasteiger partial charge in [0.2, 0.25) is 0 Å². The first-order valence-electron chi connectivity index (χ1n) is 3.67. The van der Waals surface area contributed by atoms with Gasteiger partial charge in [-0.15, -0.1) is 24.0 Å². The Balaban J connectivity index is 2.85. The summed E-state index contributed by atoms with van der Waals surface area (Å²) in [5, 5.41) is 2.94. The monoisotopic (exact) mass is 276 g/mol. The molecule has 68 valence electrons. The van der Waals surface area contributed by atoms with Crippen LogP contribution in [0, 0.1) is 5.82 Å². The number of thiol groups is 1. The Morgan fingerprint density at radius 2 is 2.23 bits per heavy atom. The summed E-state index contributed by atoms with van der Waals surface area (Å²) in [7, 11) is 0. The molecule has 1 aromatic heterocycles. The Kier molecular flexibility index (Phi) is 2.62. The molecule has 0 bridgehead atoms. The van der Waals surface area contributed by atoms with Crippen molar-refractivity contribution >= 4 is 50.0 Å². The molecule has 0 aliphatic rings. The van der Waals surface area contributed by atoms with E-state index in [1.807, 2.05) is 6.07 Å². The number of hydrogen-bond acceptors (Lipinski definition) is 2. The van der Waals surface area contributed by atoms with Crippen LogP contribution in [0.1, 0.15) is 5.56 Å². The molecule has 2 rings (SSSR count). The van der Waals surface area contributed by atoms with Crippen molar-refractivity contribution in [3.8, 4) is 0 Å². The summed E-state index contributed by atoms with van der Waals surface area (Å²) in [6.07, 6.45) is 0. The Hall–Kier alpha value is -0.0600. The second kappa shape index (κ2) is 3.59. The van der Waals surface area contributed by atoms with Gasteiger partial charge < -0.3 is 0 Å². The maximum atomic E-state index is 13.2. The molecule has 0 unspecified atom stereocenters. The Morgan fingerprint density at radius 1 is 1.46 bits per heavy atom. The second-order valence-electron chi connectivity index (χ2n) is 2.66. The Bertz CT molecular complexity index is 450. The van der Waals surface area contributed by atoms with Gasteiger partial charge in [-0.1, -0.05) is 15.9 Å². The van der Waals surface area contributed by atoms with Crippen LogP contribution in [0.2, 0.25) is 0 Å². The highest BCUT2D eigenvalue weighted by Crippen LogP contribution is 2.32. The highest BCUT2D eigenvalue weighted by molar-refractivity contribution is 9.08. The smallest absolute Gasteiger partial charge is 0.141 e. The Labute approximate surface area is 93.3 Å². The number of fused-ring (bicyclic) bond motifs is 1. The number of rotatable bonds is 1. The number of hydrogen-bond donors (Lipinski definition) is 1. The third kappa shape index (κ3) is 1.51. The molecule has 2 aromatic rings. The minimum absolute atomic E-state index is 0.143. The van der Waals surface area contributed by atoms with Gasteiger partial charge in [0.1, 0.15) is 5.82 Å². The maximum Gasteiger partial charge on any atom is 0.141 e. The summed E-state index contributed by atoms with van der Waals surface area (Å²) in [5.74, 6) is -0.143. The van der Waals surface area contributed by atoms with E-state index in [4.69, 9.17) is 0 Å². The molecule has 0 saturated heterocycles. The fourth-order valence-electron chi connectivity index (χ4n) is 1.24. The molecule has 13 heavy (non-hydrogen) atoms. The summed E-state index contributed by atoms with van der Waals surface area (Å²) in [6.45, 7) is 0. The third-order valence-corrected chi connectivity index (χ3v) is 3.91. The van der Waals surface area contributed by atoms with E-state index in [1.54, 1.807) is 6.07 Å². The van der Waals surface area contributed by atoms with Gasteiger partial charge in [-0.05, 0) is 17.7 Å². The van der Waals surface area contributed by atoms with Crippen molar-refractivity contribution < 1.29 is 4.39 Å². The molecule has 0 aliphatic carbocycles. The maximum absolute atomic E-state index is 13.2. The fraction of sp³-hybridized carbons (Fsp3) is 0.111. The lowest BCUT2D eigenvalue weighted by Gasteiger charge is -2.01. The van der Waals surface area contributed by atoms with Crippen LogP contribution < -0.4 is 0 Å². The zero-order chi connectivity index (χ0) is 9.42. The van der Waals surface area contributed by atoms with E-state index in [1.165, 1.54) is 16.7 Å². The largest absolute Gasteiger partial charge is 0.205 e. The SMILES string of the molecule is Fc1csc2c(CBr)c(S)ccc12. The average molecular weight is 277 g/mol. The predicted molar refractivity (Wildman–Crippen MR) is 61.7 cm³/mol. The lowest BCUT2D eigenvalue weighted by atomic mass is 10.2. The van der Waals surface area contributed by atoms with E-state index >= 15 is 0 Å². The minimum atomic E-state index is -0.143. The summed E-state index contributed by atoms with van der Waals surface area (Å²) in [4.78, 5) is 0.909. The normalized spacial score (nSPS) is 11.0. The zero-order valence-electron chi connectivity index (χ0n) is 6.55. The molecule has 0 N–H and O–H groups in total. The molecule has 0 nitrogen and oxygen atoms in total. The van der Waals surface area contributed by atoms with Crippen molar-refractivity contribution in [2.75, 3.05) is 0 Å². The number of alkyl halides is 1. The van der Waals surface area contributed by atoms with E-state index in [0.717, 1.165) is 15.2 Å². The molecule has 4 heteroatoms. The van der Waals surface area contributed by atoms with Crippen LogP contribution in [0.15, 0.2) is 22.4 Å².